The summed E-state index contributed by atoms with van der Waals surface area (Å²) >= 11 is 0. The van der Waals surface area contributed by atoms with E-state index in [2.05, 4.69) is 13.8 Å². The van der Waals surface area contributed by atoms with Crippen molar-refractivity contribution in [3.8, 4) is 0 Å². The topological polar surface area (TPSA) is 57.5 Å². The van der Waals surface area contributed by atoms with Crippen molar-refractivity contribution in [1.82, 2.24) is 0 Å². The van der Waals surface area contributed by atoms with Crippen molar-refractivity contribution in [1.29, 1.82) is 0 Å². The molecule has 0 aromatic carbocycles. The first-order valence-corrected chi connectivity index (χ1v) is 9.82. The fraction of sp³-hybridized carbons (Fsp3) is 0.857. The number of rotatable bonds is 0. The summed E-state index contributed by atoms with van der Waals surface area (Å²) < 4.78 is 0. The molecule has 134 valence electrons. The highest BCUT2D eigenvalue weighted by molar-refractivity contribution is 5.96. The Morgan fingerprint density at radius 2 is 1.75 bits per heavy atom. The highest BCUT2D eigenvalue weighted by Crippen LogP contribution is 2.68. The van der Waals surface area contributed by atoms with E-state index >= 15 is 0 Å². The molecule has 0 amide bonds. The van der Waals surface area contributed by atoms with Crippen LogP contribution in [0.25, 0.3) is 0 Å². The largest absolute Gasteiger partial charge is 0.515 e. The molecule has 3 heteroatoms. The van der Waals surface area contributed by atoms with E-state index in [1.54, 1.807) is 0 Å². The Hall–Kier alpha value is -0.830. The van der Waals surface area contributed by atoms with Crippen molar-refractivity contribution < 1.29 is 15.0 Å². The van der Waals surface area contributed by atoms with Crippen molar-refractivity contribution >= 4 is 5.78 Å². The number of ketones is 1. The number of carbonyl (C=O) groups excluding carboxylic acids is 1. The number of aliphatic hydroxyl groups is 2. The summed E-state index contributed by atoms with van der Waals surface area (Å²) in [6.45, 7) is 6.74. The minimum Gasteiger partial charge on any atom is -0.515 e. The maximum Gasteiger partial charge on any atom is 0.162 e. The molecular formula is C21H32O3. The van der Waals surface area contributed by atoms with E-state index in [4.69, 9.17) is 0 Å². The van der Waals surface area contributed by atoms with Gasteiger partial charge in [0, 0.05) is 12.0 Å². The molecule has 0 aromatic heterocycles. The first kappa shape index (κ1) is 16.6. The predicted octanol–water partition coefficient (Wildman–Crippen LogP) is 4.40. The van der Waals surface area contributed by atoms with Gasteiger partial charge >= 0.3 is 0 Å². The predicted molar refractivity (Wildman–Crippen MR) is 93.5 cm³/mol. The quantitative estimate of drug-likeness (QED) is 0.510. The summed E-state index contributed by atoms with van der Waals surface area (Å²) in [5.41, 5.74) is 0.304. The van der Waals surface area contributed by atoms with Crippen LogP contribution in [-0.2, 0) is 4.79 Å². The smallest absolute Gasteiger partial charge is 0.162 e. The standard InChI is InChI=1S/C21H32O3/c1-19-11-13(12-22)18(23)10-14(19)4-5-15-16(19)6-8-20(2)17(15)7-9-21(20,3)24/h12,14-17,22,24H,4-11H2,1-3H3/b13-12-/t14-,15+,16+,17-,19-,20-,21-/m0/s1. The molecule has 4 fully saturated rings. The van der Waals surface area contributed by atoms with Crippen LogP contribution in [0.1, 0.15) is 72.1 Å². The van der Waals surface area contributed by atoms with Gasteiger partial charge < -0.3 is 10.2 Å². The van der Waals surface area contributed by atoms with Gasteiger partial charge in [0.25, 0.3) is 0 Å². The first-order valence-electron chi connectivity index (χ1n) is 9.82. The number of Topliss-reactive ketones (excluding diaryl/α,β-unsaturated/α-hetero) is 1. The lowest BCUT2D eigenvalue weighted by atomic mass is 9.44. The molecule has 4 saturated carbocycles. The maximum atomic E-state index is 12.2. The molecule has 0 aliphatic heterocycles. The van der Waals surface area contributed by atoms with Gasteiger partial charge in [-0.15, -0.1) is 0 Å². The molecule has 0 unspecified atom stereocenters. The second kappa shape index (κ2) is 5.09. The van der Waals surface area contributed by atoms with E-state index in [-0.39, 0.29) is 16.6 Å². The van der Waals surface area contributed by atoms with Gasteiger partial charge in [0.1, 0.15) is 0 Å². The molecule has 0 heterocycles. The molecule has 3 nitrogen and oxygen atoms in total. The minimum atomic E-state index is -0.529. The van der Waals surface area contributed by atoms with Gasteiger partial charge in [0.2, 0.25) is 0 Å². The zero-order chi connectivity index (χ0) is 17.3. The lowest BCUT2D eigenvalue weighted by molar-refractivity contribution is -0.147. The summed E-state index contributed by atoms with van der Waals surface area (Å²) in [6.07, 6.45) is 9.11. The van der Waals surface area contributed by atoms with Crippen LogP contribution >= 0.6 is 0 Å². The molecule has 0 aromatic rings. The van der Waals surface area contributed by atoms with Crippen LogP contribution in [0.2, 0.25) is 0 Å². The Labute approximate surface area is 145 Å². The third kappa shape index (κ3) is 1.97. The monoisotopic (exact) mass is 332 g/mol. The first-order chi connectivity index (χ1) is 11.2. The van der Waals surface area contributed by atoms with E-state index < -0.39 is 5.60 Å². The number of hydrogen-bond donors (Lipinski definition) is 2. The van der Waals surface area contributed by atoms with Crippen molar-refractivity contribution in [2.75, 3.05) is 0 Å². The van der Waals surface area contributed by atoms with Crippen molar-refractivity contribution in [3.05, 3.63) is 11.8 Å². The molecule has 0 spiro atoms. The third-order valence-corrected chi connectivity index (χ3v) is 9.14. The molecule has 4 aliphatic carbocycles. The normalized spacial score (nSPS) is 55.8. The van der Waals surface area contributed by atoms with E-state index in [0.29, 0.717) is 35.7 Å². The fourth-order valence-corrected chi connectivity index (χ4v) is 7.37. The summed E-state index contributed by atoms with van der Waals surface area (Å²) in [7, 11) is 0. The lowest BCUT2D eigenvalue weighted by Gasteiger charge is -2.61. The van der Waals surface area contributed by atoms with E-state index in [1.807, 2.05) is 6.92 Å². The highest BCUT2D eigenvalue weighted by atomic mass is 16.3. The Morgan fingerprint density at radius 1 is 1.04 bits per heavy atom. The fourth-order valence-electron chi connectivity index (χ4n) is 7.37. The van der Waals surface area contributed by atoms with Crippen LogP contribution in [-0.4, -0.2) is 21.6 Å². The van der Waals surface area contributed by atoms with Crippen LogP contribution in [0.4, 0.5) is 0 Å². The van der Waals surface area contributed by atoms with Gasteiger partial charge in [-0.3, -0.25) is 4.79 Å². The van der Waals surface area contributed by atoms with Gasteiger partial charge in [-0.2, -0.15) is 0 Å². The lowest BCUT2D eigenvalue weighted by Crippen LogP contribution is -2.56. The average Bonchev–Trinajstić information content (AvgIpc) is 2.77. The average molecular weight is 332 g/mol. The molecular weight excluding hydrogens is 300 g/mol. The van der Waals surface area contributed by atoms with Gasteiger partial charge in [0.05, 0.1) is 11.9 Å². The molecule has 0 radical (unpaired) electrons. The molecule has 7 atom stereocenters. The summed E-state index contributed by atoms with van der Waals surface area (Å²) in [4.78, 5) is 12.2. The molecule has 0 bridgehead atoms. The Morgan fingerprint density at radius 3 is 2.46 bits per heavy atom. The summed E-state index contributed by atoms with van der Waals surface area (Å²) in [6, 6.07) is 0. The van der Waals surface area contributed by atoms with Crippen LogP contribution < -0.4 is 0 Å². The maximum absolute atomic E-state index is 12.2. The Balaban J connectivity index is 1.67. The van der Waals surface area contributed by atoms with Crippen LogP contribution in [0.5, 0.6) is 0 Å². The summed E-state index contributed by atoms with van der Waals surface area (Å²) in [5, 5.41) is 20.5. The van der Waals surface area contributed by atoms with Crippen LogP contribution in [0.15, 0.2) is 11.8 Å². The Bertz CT molecular complexity index is 592. The third-order valence-electron chi connectivity index (χ3n) is 9.14. The van der Waals surface area contributed by atoms with E-state index in [0.717, 1.165) is 44.8 Å². The number of allylic oxidation sites excluding steroid dienone is 1. The zero-order valence-electron chi connectivity index (χ0n) is 15.3. The molecule has 24 heavy (non-hydrogen) atoms. The van der Waals surface area contributed by atoms with Crippen molar-refractivity contribution in [3.63, 3.8) is 0 Å². The highest BCUT2D eigenvalue weighted by Gasteiger charge is 2.63. The molecule has 2 N–H and O–H groups in total. The van der Waals surface area contributed by atoms with Gasteiger partial charge in [-0.25, -0.2) is 0 Å². The zero-order valence-corrected chi connectivity index (χ0v) is 15.3. The number of aliphatic hydroxyl groups excluding tert-OH is 1. The number of carbonyl (C=O) groups is 1. The second-order valence-electron chi connectivity index (χ2n) is 9.88. The molecule has 0 saturated heterocycles. The molecule has 4 aliphatic rings. The minimum absolute atomic E-state index is 0.0531. The van der Waals surface area contributed by atoms with Crippen molar-refractivity contribution in [2.45, 2.75) is 77.7 Å². The SMILES string of the molecule is C[C@]12C/C(=C/O)C(=O)C[C@@H]1CC[C@@H]1[C@H]2CC[C@@]2(C)[C@H]1CC[C@]2(C)O. The van der Waals surface area contributed by atoms with Crippen LogP contribution in [0.3, 0.4) is 0 Å². The molecule has 4 rings (SSSR count). The van der Waals surface area contributed by atoms with Crippen LogP contribution in [0, 0.1) is 34.5 Å². The van der Waals surface area contributed by atoms with Gasteiger partial charge in [0.15, 0.2) is 5.78 Å². The second-order valence-corrected chi connectivity index (χ2v) is 9.88. The van der Waals surface area contributed by atoms with Crippen molar-refractivity contribution in [2.24, 2.45) is 34.5 Å². The van der Waals surface area contributed by atoms with E-state index in [9.17, 15) is 15.0 Å². The summed E-state index contributed by atoms with van der Waals surface area (Å²) in [5.74, 6) is 2.55. The van der Waals surface area contributed by atoms with Gasteiger partial charge in [-0.05, 0) is 86.4 Å². The van der Waals surface area contributed by atoms with E-state index in [1.165, 1.54) is 6.42 Å². The number of hydrogen-bond acceptors (Lipinski definition) is 3. The van der Waals surface area contributed by atoms with Gasteiger partial charge in [-0.1, -0.05) is 13.8 Å². The number of fused-ring (bicyclic) bond motifs is 5. The Kier molecular flexibility index (Phi) is 3.53.